The van der Waals surface area contributed by atoms with Crippen LogP contribution in [0.5, 0.6) is 28.7 Å². The van der Waals surface area contributed by atoms with E-state index >= 15 is 0 Å². The highest BCUT2D eigenvalue weighted by Gasteiger charge is 2.21. The summed E-state index contributed by atoms with van der Waals surface area (Å²) in [4.78, 5) is 0. The van der Waals surface area contributed by atoms with Crippen molar-refractivity contribution in [1.29, 1.82) is 0 Å². The molecule has 3 rings (SSSR count). The van der Waals surface area contributed by atoms with Gasteiger partial charge in [-0.2, -0.15) is 0 Å². The third-order valence-corrected chi connectivity index (χ3v) is 4.07. The lowest BCUT2D eigenvalue weighted by Gasteiger charge is -2.27. The monoisotopic (exact) mass is 359 g/mol. The quantitative estimate of drug-likeness (QED) is 0.782. The number of para-hydroxylation sites is 3. The molecule has 6 nitrogen and oxygen atoms in total. The van der Waals surface area contributed by atoms with Gasteiger partial charge in [0.2, 0.25) is 5.75 Å². The summed E-state index contributed by atoms with van der Waals surface area (Å²) in [7, 11) is 3.23. The number of nitrogens with one attached hydrogen (secondary N) is 1. The van der Waals surface area contributed by atoms with Crippen LogP contribution in [0.3, 0.4) is 0 Å². The molecule has 0 saturated heterocycles. The summed E-state index contributed by atoms with van der Waals surface area (Å²) in [5, 5.41) is 3.37. The van der Waals surface area contributed by atoms with Crippen LogP contribution in [0.25, 0.3) is 0 Å². The van der Waals surface area contributed by atoms with Gasteiger partial charge in [0.05, 0.1) is 14.2 Å². The molecule has 0 saturated carbocycles. The Morgan fingerprint density at radius 2 is 1.73 bits per heavy atom. The SMILES string of the molecule is COc1cccc(OC)c1O[C@@H](C)CNC[C@H]1COc2ccccc2O1. The lowest BCUT2D eigenvalue weighted by atomic mass is 10.2. The van der Waals surface area contributed by atoms with Crippen molar-refractivity contribution in [2.45, 2.75) is 19.1 Å². The Bertz CT molecular complexity index is 699. The highest BCUT2D eigenvalue weighted by atomic mass is 16.6. The number of fused-ring (bicyclic) bond motifs is 1. The number of hydrogen-bond acceptors (Lipinski definition) is 6. The van der Waals surface area contributed by atoms with Crippen LogP contribution in [0.1, 0.15) is 6.92 Å². The maximum atomic E-state index is 6.02. The van der Waals surface area contributed by atoms with Gasteiger partial charge in [-0.1, -0.05) is 18.2 Å². The molecule has 1 aliphatic rings. The molecule has 1 N–H and O–H groups in total. The van der Waals surface area contributed by atoms with Crippen LogP contribution >= 0.6 is 0 Å². The number of ether oxygens (including phenoxy) is 5. The lowest BCUT2D eigenvalue weighted by Crippen LogP contribution is -2.41. The highest BCUT2D eigenvalue weighted by molar-refractivity contribution is 5.51. The van der Waals surface area contributed by atoms with Gasteiger partial charge in [0.25, 0.3) is 0 Å². The molecule has 0 unspecified atom stereocenters. The third-order valence-electron chi connectivity index (χ3n) is 4.07. The van der Waals surface area contributed by atoms with Gasteiger partial charge in [-0.25, -0.2) is 0 Å². The summed E-state index contributed by atoms with van der Waals surface area (Å²) >= 11 is 0. The molecule has 0 spiro atoms. The fourth-order valence-corrected chi connectivity index (χ4v) is 2.79. The molecule has 2 aromatic rings. The average molecular weight is 359 g/mol. The van der Waals surface area contributed by atoms with Crippen LogP contribution in [-0.2, 0) is 0 Å². The van der Waals surface area contributed by atoms with Gasteiger partial charge in [0, 0.05) is 13.1 Å². The standard InChI is InChI=1S/C20H25NO5/c1-14(25-20-18(22-2)9-6-10-19(20)23-3)11-21-12-15-13-24-16-7-4-5-8-17(16)26-15/h4-10,14-15,21H,11-13H2,1-3H3/t14-,15-/m0/s1. The first-order valence-corrected chi connectivity index (χ1v) is 8.68. The Balaban J connectivity index is 1.49. The summed E-state index contributed by atoms with van der Waals surface area (Å²) in [6, 6.07) is 13.3. The van der Waals surface area contributed by atoms with E-state index in [1.54, 1.807) is 14.2 Å². The molecule has 1 aliphatic heterocycles. The largest absolute Gasteiger partial charge is 0.493 e. The summed E-state index contributed by atoms with van der Waals surface area (Å²) in [6.07, 6.45) is -0.102. The first-order chi connectivity index (χ1) is 12.7. The minimum atomic E-state index is -0.0722. The minimum Gasteiger partial charge on any atom is -0.493 e. The van der Waals surface area contributed by atoms with Crippen molar-refractivity contribution >= 4 is 0 Å². The van der Waals surface area contributed by atoms with Crippen LogP contribution < -0.4 is 29.0 Å². The van der Waals surface area contributed by atoms with Crippen LogP contribution in [-0.4, -0.2) is 46.1 Å². The van der Waals surface area contributed by atoms with Crippen molar-refractivity contribution in [2.75, 3.05) is 33.9 Å². The van der Waals surface area contributed by atoms with E-state index in [0.29, 0.717) is 36.9 Å². The zero-order chi connectivity index (χ0) is 18.4. The van der Waals surface area contributed by atoms with Gasteiger partial charge in [-0.15, -0.1) is 0 Å². The van der Waals surface area contributed by atoms with Gasteiger partial charge in [-0.3, -0.25) is 0 Å². The molecule has 2 aromatic carbocycles. The molecule has 0 fully saturated rings. The van der Waals surface area contributed by atoms with E-state index in [1.807, 2.05) is 49.4 Å². The summed E-state index contributed by atoms with van der Waals surface area (Å²) in [5.74, 6) is 3.49. The van der Waals surface area contributed by atoms with Crippen molar-refractivity contribution in [3.05, 3.63) is 42.5 Å². The maximum absolute atomic E-state index is 6.02. The molecule has 1 heterocycles. The molecular formula is C20H25NO5. The number of methoxy groups -OCH3 is 2. The molecule has 0 aliphatic carbocycles. The molecule has 6 heteroatoms. The van der Waals surface area contributed by atoms with Crippen molar-refractivity contribution in [2.24, 2.45) is 0 Å². The first kappa shape index (κ1) is 18.2. The molecule has 0 radical (unpaired) electrons. The fourth-order valence-electron chi connectivity index (χ4n) is 2.79. The van der Waals surface area contributed by atoms with Crippen LogP contribution in [0.4, 0.5) is 0 Å². The second kappa shape index (κ2) is 8.67. The van der Waals surface area contributed by atoms with Crippen LogP contribution in [0.15, 0.2) is 42.5 Å². The Morgan fingerprint density at radius 3 is 2.42 bits per heavy atom. The third kappa shape index (κ3) is 4.32. The van der Waals surface area contributed by atoms with Crippen molar-refractivity contribution < 1.29 is 23.7 Å². The molecule has 26 heavy (non-hydrogen) atoms. The van der Waals surface area contributed by atoms with Gasteiger partial charge < -0.3 is 29.0 Å². The average Bonchev–Trinajstić information content (AvgIpc) is 2.68. The summed E-state index contributed by atoms with van der Waals surface area (Å²) < 4.78 is 28.4. The number of benzene rings is 2. The Hall–Kier alpha value is -2.60. The van der Waals surface area contributed by atoms with Gasteiger partial charge >= 0.3 is 0 Å². The lowest BCUT2D eigenvalue weighted by molar-refractivity contribution is 0.0876. The summed E-state index contributed by atoms with van der Waals surface area (Å²) in [6.45, 7) is 3.85. The van der Waals surface area contributed by atoms with Crippen LogP contribution in [0, 0.1) is 0 Å². The normalized spacial score (nSPS) is 16.7. The van der Waals surface area contributed by atoms with E-state index in [1.165, 1.54) is 0 Å². The zero-order valence-electron chi connectivity index (χ0n) is 15.4. The Labute approximate surface area is 154 Å². The second-order valence-electron chi connectivity index (χ2n) is 6.08. The fraction of sp³-hybridized carbons (Fsp3) is 0.400. The molecule has 140 valence electrons. The first-order valence-electron chi connectivity index (χ1n) is 8.68. The topological polar surface area (TPSA) is 58.2 Å². The van der Waals surface area contributed by atoms with E-state index in [9.17, 15) is 0 Å². The molecule has 0 aromatic heterocycles. The predicted octanol–water partition coefficient (Wildman–Crippen LogP) is 2.90. The van der Waals surface area contributed by atoms with Gasteiger partial charge in [0.1, 0.15) is 18.8 Å². The highest BCUT2D eigenvalue weighted by Crippen LogP contribution is 2.37. The van der Waals surface area contributed by atoms with E-state index < -0.39 is 0 Å². The van der Waals surface area contributed by atoms with E-state index in [2.05, 4.69) is 5.32 Å². The van der Waals surface area contributed by atoms with E-state index in [0.717, 1.165) is 11.5 Å². The number of rotatable bonds is 8. The van der Waals surface area contributed by atoms with E-state index in [4.69, 9.17) is 23.7 Å². The number of hydrogen-bond donors (Lipinski definition) is 1. The molecule has 0 bridgehead atoms. The smallest absolute Gasteiger partial charge is 0.203 e. The molecule has 2 atom stereocenters. The van der Waals surface area contributed by atoms with Gasteiger partial charge in [0.15, 0.2) is 23.0 Å². The van der Waals surface area contributed by atoms with E-state index in [-0.39, 0.29) is 12.2 Å². The Morgan fingerprint density at radius 1 is 1.04 bits per heavy atom. The maximum Gasteiger partial charge on any atom is 0.203 e. The second-order valence-corrected chi connectivity index (χ2v) is 6.08. The van der Waals surface area contributed by atoms with Gasteiger partial charge in [-0.05, 0) is 31.2 Å². The van der Waals surface area contributed by atoms with Crippen LogP contribution in [0.2, 0.25) is 0 Å². The minimum absolute atomic E-state index is 0.0297. The zero-order valence-corrected chi connectivity index (χ0v) is 15.4. The molecule has 0 amide bonds. The van der Waals surface area contributed by atoms with Crippen molar-refractivity contribution in [3.8, 4) is 28.7 Å². The van der Waals surface area contributed by atoms with Crippen molar-refractivity contribution in [3.63, 3.8) is 0 Å². The van der Waals surface area contributed by atoms with Crippen molar-refractivity contribution in [1.82, 2.24) is 5.32 Å². The Kier molecular flexibility index (Phi) is 6.07. The summed E-state index contributed by atoms with van der Waals surface area (Å²) in [5.41, 5.74) is 0. The predicted molar refractivity (Wildman–Crippen MR) is 98.9 cm³/mol. The molecular weight excluding hydrogens is 334 g/mol.